The molecule has 6 nitrogen and oxygen atoms in total. The van der Waals surface area contributed by atoms with Crippen LogP contribution in [0.5, 0.6) is 11.8 Å². The van der Waals surface area contributed by atoms with E-state index in [9.17, 15) is 4.79 Å². The third-order valence-corrected chi connectivity index (χ3v) is 5.86. The number of ether oxygens (including phenoxy) is 2. The van der Waals surface area contributed by atoms with Crippen molar-refractivity contribution < 1.29 is 14.3 Å². The number of halogens is 1. The van der Waals surface area contributed by atoms with Gasteiger partial charge in [-0.05, 0) is 36.2 Å². The Morgan fingerprint density at radius 1 is 0.824 bits per heavy atom. The van der Waals surface area contributed by atoms with Crippen LogP contribution in [0, 0.1) is 0 Å². The van der Waals surface area contributed by atoms with Gasteiger partial charge in [-0.3, -0.25) is 9.69 Å². The maximum absolute atomic E-state index is 13.3. The molecule has 0 N–H and O–H groups in total. The van der Waals surface area contributed by atoms with Gasteiger partial charge < -0.3 is 9.47 Å². The molecule has 2 aromatic carbocycles. The molecule has 2 aromatic heterocycles. The van der Waals surface area contributed by atoms with E-state index in [1.54, 1.807) is 29.2 Å². The average Bonchev–Trinajstić information content (AvgIpc) is 3.11. The highest BCUT2D eigenvalue weighted by molar-refractivity contribution is 6.29. The quantitative estimate of drug-likeness (QED) is 0.309. The highest BCUT2D eigenvalue weighted by atomic mass is 35.5. The van der Waals surface area contributed by atoms with Gasteiger partial charge in [-0.15, -0.1) is 0 Å². The number of carbonyl (C=O) groups is 1. The molecule has 34 heavy (non-hydrogen) atoms. The molecule has 0 saturated heterocycles. The summed E-state index contributed by atoms with van der Waals surface area (Å²) in [7, 11) is 0. The summed E-state index contributed by atoms with van der Waals surface area (Å²) in [5.74, 6) is 0.554. The van der Waals surface area contributed by atoms with Crippen LogP contribution < -0.4 is 14.4 Å². The maximum Gasteiger partial charge on any atom is 0.260 e. The summed E-state index contributed by atoms with van der Waals surface area (Å²) < 4.78 is 12.0. The molecule has 1 aliphatic heterocycles. The number of anilines is 1. The van der Waals surface area contributed by atoms with Crippen LogP contribution in [-0.2, 0) is 13.2 Å². The molecule has 0 saturated carbocycles. The fraction of sp³-hybridized carbons (Fsp3) is 0.148. The van der Waals surface area contributed by atoms with Crippen LogP contribution in [0.15, 0.2) is 84.9 Å². The van der Waals surface area contributed by atoms with Crippen molar-refractivity contribution in [1.82, 2.24) is 9.97 Å². The lowest BCUT2D eigenvalue weighted by atomic mass is 10.2. The standard InChI is InChI=1S/C27H22ClN3O3/c1-18-25-21(12-14-23(28)29-25)27(32)31(18)22-13-15-24(33-16-19-8-4-2-5-9-19)30-26(22)34-17-20-10-6-3-7-11-20/h2-15,18H,16-17H2,1H3. The average molecular weight is 472 g/mol. The molecular formula is C27H22ClN3O3. The fourth-order valence-corrected chi connectivity index (χ4v) is 4.09. The van der Waals surface area contributed by atoms with Crippen LogP contribution in [-0.4, -0.2) is 15.9 Å². The molecule has 1 amide bonds. The monoisotopic (exact) mass is 471 g/mol. The SMILES string of the molecule is CC1c2nc(Cl)ccc2C(=O)N1c1ccc(OCc2ccccc2)nc1OCc1ccccc1. The predicted molar refractivity (Wildman–Crippen MR) is 130 cm³/mol. The highest BCUT2D eigenvalue weighted by Gasteiger charge is 2.38. The minimum absolute atomic E-state index is 0.170. The van der Waals surface area contributed by atoms with Gasteiger partial charge in [0.1, 0.15) is 24.1 Å². The summed E-state index contributed by atoms with van der Waals surface area (Å²) in [4.78, 5) is 23.9. The molecule has 0 radical (unpaired) electrons. The lowest BCUT2D eigenvalue weighted by molar-refractivity contribution is 0.0991. The van der Waals surface area contributed by atoms with Crippen molar-refractivity contribution in [3.8, 4) is 11.8 Å². The topological polar surface area (TPSA) is 64.6 Å². The number of pyridine rings is 2. The summed E-state index contributed by atoms with van der Waals surface area (Å²) in [6.07, 6.45) is 0. The van der Waals surface area contributed by atoms with E-state index in [0.717, 1.165) is 11.1 Å². The Morgan fingerprint density at radius 3 is 2.15 bits per heavy atom. The number of hydrogen-bond donors (Lipinski definition) is 0. The molecule has 1 aliphatic rings. The first-order valence-corrected chi connectivity index (χ1v) is 11.3. The Balaban J connectivity index is 1.46. The van der Waals surface area contributed by atoms with Gasteiger partial charge in [-0.1, -0.05) is 72.3 Å². The van der Waals surface area contributed by atoms with E-state index in [1.807, 2.05) is 67.6 Å². The molecule has 1 atom stereocenters. The summed E-state index contributed by atoms with van der Waals surface area (Å²) in [6.45, 7) is 2.59. The van der Waals surface area contributed by atoms with Gasteiger partial charge in [0, 0.05) is 6.07 Å². The minimum atomic E-state index is -0.321. The number of fused-ring (bicyclic) bond motifs is 1. The first-order valence-electron chi connectivity index (χ1n) is 10.9. The van der Waals surface area contributed by atoms with Gasteiger partial charge in [0.2, 0.25) is 11.8 Å². The number of nitrogens with zero attached hydrogens (tertiary/aromatic N) is 3. The molecule has 170 valence electrons. The van der Waals surface area contributed by atoms with Crippen LogP contribution in [0.1, 0.15) is 40.1 Å². The van der Waals surface area contributed by atoms with Gasteiger partial charge in [-0.2, -0.15) is 4.98 Å². The number of benzene rings is 2. The Labute approximate surface area is 202 Å². The molecule has 5 rings (SSSR count). The third kappa shape index (κ3) is 4.45. The molecule has 7 heteroatoms. The zero-order valence-electron chi connectivity index (χ0n) is 18.5. The zero-order chi connectivity index (χ0) is 23.5. The van der Waals surface area contributed by atoms with E-state index in [4.69, 9.17) is 21.1 Å². The Kier molecular flexibility index (Phi) is 6.14. The van der Waals surface area contributed by atoms with E-state index in [-0.39, 0.29) is 11.9 Å². The van der Waals surface area contributed by atoms with E-state index < -0.39 is 0 Å². The first-order chi connectivity index (χ1) is 16.6. The molecule has 3 heterocycles. The molecule has 4 aromatic rings. The largest absolute Gasteiger partial charge is 0.473 e. The lowest BCUT2D eigenvalue weighted by Gasteiger charge is -2.24. The van der Waals surface area contributed by atoms with Crippen molar-refractivity contribution in [2.24, 2.45) is 0 Å². The second-order valence-electron chi connectivity index (χ2n) is 7.94. The van der Waals surface area contributed by atoms with Gasteiger partial charge in [0.05, 0.1) is 17.3 Å². The van der Waals surface area contributed by atoms with Crippen molar-refractivity contribution in [2.45, 2.75) is 26.2 Å². The van der Waals surface area contributed by atoms with Crippen molar-refractivity contribution in [3.63, 3.8) is 0 Å². The second kappa shape index (κ2) is 9.53. The number of rotatable bonds is 7. The number of amides is 1. The third-order valence-electron chi connectivity index (χ3n) is 5.65. The van der Waals surface area contributed by atoms with Crippen LogP contribution in [0.25, 0.3) is 0 Å². The van der Waals surface area contributed by atoms with Crippen molar-refractivity contribution >= 4 is 23.2 Å². The van der Waals surface area contributed by atoms with Gasteiger partial charge in [0.15, 0.2) is 0 Å². The summed E-state index contributed by atoms with van der Waals surface area (Å²) in [5, 5.41) is 0.351. The van der Waals surface area contributed by atoms with Crippen molar-refractivity contribution in [1.29, 1.82) is 0 Å². The first kappa shape index (κ1) is 21.9. The highest BCUT2D eigenvalue weighted by Crippen LogP contribution is 2.41. The van der Waals surface area contributed by atoms with Gasteiger partial charge in [-0.25, -0.2) is 4.98 Å². The number of aromatic nitrogens is 2. The lowest BCUT2D eigenvalue weighted by Crippen LogP contribution is -2.27. The van der Waals surface area contributed by atoms with Gasteiger partial charge >= 0.3 is 0 Å². The Bertz CT molecular complexity index is 1320. The predicted octanol–water partition coefficient (Wildman–Crippen LogP) is 6.01. The molecular weight excluding hydrogens is 450 g/mol. The number of carbonyl (C=O) groups excluding carboxylic acids is 1. The zero-order valence-corrected chi connectivity index (χ0v) is 19.3. The Hall–Kier alpha value is -3.90. The van der Waals surface area contributed by atoms with E-state index >= 15 is 0 Å². The molecule has 0 spiro atoms. The van der Waals surface area contributed by atoms with Crippen molar-refractivity contribution in [3.05, 3.63) is 112 Å². The van der Waals surface area contributed by atoms with Crippen molar-refractivity contribution in [2.75, 3.05) is 4.90 Å². The minimum Gasteiger partial charge on any atom is -0.473 e. The Morgan fingerprint density at radius 2 is 1.47 bits per heavy atom. The smallest absolute Gasteiger partial charge is 0.260 e. The summed E-state index contributed by atoms with van der Waals surface area (Å²) >= 11 is 6.09. The number of hydrogen-bond acceptors (Lipinski definition) is 5. The van der Waals surface area contributed by atoms with E-state index in [0.29, 0.717) is 47.1 Å². The molecule has 1 unspecified atom stereocenters. The van der Waals surface area contributed by atoms with Crippen LogP contribution in [0.4, 0.5) is 5.69 Å². The van der Waals surface area contributed by atoms with Crippen LogP contribution in [0.2, 0.25) is 5.15 Å². The molecule has 0 fully saturated rings. The summed E-state index contributed by atoms with van der Waals surface area (Å²) in [5.41, 5.74) is 3.73. The van der Waals surface area contributed by atoms with E-state index in [1.165, 1.54) is 0 Å². The summed E-state index contributed by atoms with van der Waals surface area (Å²) in [6, 6.07) is 26.2. The molecule has 0 aliphatic carbocycles. The van der Waals surface area contributed by atoms with Crippen LogP contribution in [0.3, 0.4) is 0 Å². The van der Waals surface area contributed by atoms with Gasteiger partial charge in [0.25, 0.3) is 5.91 Å². The normalized spacial score (nSPS) is 14.7. The van der Waals surface area contributed by atoms with E-state index in [2.05, 4.69) is 9.97 Å². The second-order valence-corrected chi connectivity index (χ2v) is 8.33. The maximum atomic E-state index is 13.3. The fourth-order valence-electron chi connectivity index (χ4n) is 3.94. The molecule has 0 bridgehead atoms. The van der Waals surface area contributed by atoms with Crippen LogP contribution >= 0.6 is 11.6 Å².